The molecule has 1 unspecified atom stereocenters. The van der Waals surface area contributed by atoms with Crippen LogP contribution in [0.4, 0.5) is 0 Å². The molecule has 0 aromatic heterocycles. The van der Waals surface area contributed by atoms with E-state index in [4.69, 9.17) is 0 Å². The van der Waals surface area contributed by atoms with Gasteiger partial charge in [0.05, 0.1) is 11.8 Å². The number of ketones is 2. The van der Waals surface area contributed by atoms with Crippen LogP contribution in [0.2, 0.25) is 0 Å². The largest absolute Gasteiger partial charge is 0.299 e. The first-order valence-electron chi connectivity index (χ1n) is 10.6. The van der Waals surface area contributed by atoms with Crippen molar-refractivity contribution in [2.45, 2.75) is 78.1 Å². The minimum Gasteiger partial charge on any atom is -0.299 e. The van der Waals surface area contributed by atoms with E-state index < -0.39 is 0 Å². The number of carbonyl (C=O) groups excluding carboxylic acids is 2. The second kappa shape index (κ2) is 11.4. The highest BCUT2D eigenvalue weighted by atomic mass is 16.1. The van der Waals surface area contributed by atoms with Gasteiger partial charge in [0.2, 0.25) is 0 Å². The van der Waals surface area contributed by atoms with Crippen molar-refractivity contribution in [1.82, 2.24) is 0 Å². The van der Waals surface area contributed by atoms with Crippen LogP contribution in [0.25, 0.3) is 0 Å². The Morgan fingerprint density at radius 3 is 1.54 bits per heavy atom. The molecule has 2 aliphatic carbocycles. The Balaban J connectivity index is 1.47. The van der Waals surface area contributed by atoms with Crippen molar-refractivity contribution >= 4 is 24.0 Å². The van der Waals surface area contributed by atoms with Gasteiger partial charge in [-0.1, -0.05) is 26.7 Å². The minimum atomic E-state index is 0.0750. The molecular weight excluding hydrogens is 324 g/mol. The van der Waals surface area contributed by atoms with Crippen molar-refractivity contribution in [2.24, 2.45) is 33.7 Å². The van der Waals surface area contributed by atoms with Gasteiger partial charge in [-0.05, 0) is 50.4 Å². The second-order valence-electron chi connectivity index (χ2n) is 8.44. The molecule has 0 spiro atoms. The van der Waals surface area contributed by atoms with Gasteiger partial charge in [0.1, 0.15) is 11.6 Å². The Morgan fingerprint density at radius 1 is 0.731 bits per heavy atom. The van der Waals surface area contributed by atoms with Crippen LogP contribution in [0.5, 0.6) is 0 Å². The molecule has 2 fully saturated rings. The maximum atomic E-state index is 11.9. The first-order chi connectivity index (χ1) is 12.6. The van der Waals surface area contributed by atoms with Crippen LogP contribution in [0.3, 0.4) is 0 Å². The average molecular weight is 361 g/mol. The molecule has 0 aromatic rings. The summed E-state index contributed by atoms with van der Waals surface area (Å²) in [5.74, 6) is 1.99. The molecule has 0 radical (unpaired) electrons. The molecule has 26 heavy (non-hydrogen) atoms. The number of hydrogen-bond donors (Lipinski definition) is 0. The first kappa shape index (κ1) is 21.0. The molecule has 0 amide bonds. The molecule has 4 heteroatoms. The van der Waals surface area contributed by atoms with Gasteiger partial charge < -0.3 is 0 Å². The van der Waals surface area contributed by atoms with Gasteiger partial charge in [0, 0.05) is 38.4 Å². The predicted molar refractivity (Wildman–Crippen MR) is 108 cm³/mol. The summed E-state index contributed by atoms with van der Waals surface area (Å²) in [5.41, 5.74) is 0. The number of rotatable bonds is 9. The molecule has 0 aliphatic heterocycles. The number of nitrogens with zero attached hydrogens (tertiary/aromatic N) is 2. The molecule has 0 heterocycles. The van der Waals surface area contributed by atoms with E-state index in [1.807, 2.05) is 12.4 Å². The molecule has 2 aliphatic rings. The third-order valence-electron chi connectivity index (χ3n) is 5.76. The summed E-state index contributed by atoms with van der Waals surface area (Å²) in [6.07, 6.45) is 14.0. The van der Waals surface area contributed by atoms with Gasteiger partial charge in [-0.3, -0.25) is 19.6 Å². The average Bonchev–Trinajstić information content (AvgIpc) is 2.59. The maximum Gasteiger partial charge on any atom is 0.141 e. The smallest absolute Gasteiger partial charge is 0.141 e. The van der Waals surface area contributed by atoms with E-state index in [1.165, 1.54) is 0 Å². The van der Waals surface area contributed by atoms with Crippen LogP contribution in [0, 0.1) is 23.7 Å². The number of Topliss-reactive ketones (excluding diaryl/α,β-unsaturated/α-hetero) is 2. The number of hydrogen-bond acceptors (Lipinski definition) is 4. The van der Waals surface area contributed by atoms with Gasteiger partial charge in [0.15, 0.2) is 0 Å². The molecule has 0 aromatic carbocycles. The molecule has 2 rings (SSSR count). The molecule has 0 N–H and O–H groups in total. The monoisotopic (exact) mass is 360 g/mol. The molecule has 4 nitrogen and oxygen atoms in total. The zero-order valence-electron chi connectivity index (χ0n) is 16.7. The number of aliphatic imine (C=N–C) groups is 2. The Labute approximate surface area is 159 Å². The van der Waals surface area contributed by atoms with Gasteiger partial charge in [0.25, 0.3) is 0 Å². The predicted octanol–water partition coefficient (Wildman–Crippen LogP) is 4.70. The molecular formula is C22H36N2O2. The summed E-state index contributed by atoms with van der Waals surface area (Å²) in [4.78, 5) is 32.7. The fourth-order valence-corrected chi connectivity index (χ4v) is 3.92. The second-order valence-corrected chi connectivity index (χ2v) is 8.44. The van der Waals surface area contributed by atoms with Gasteiger partial charge >= 0.3 is 0 Å². The van der Waals surface area contributed by atoms with E-state index in [1.54, 1.807) is 0 Å². The summed E-state index contributed by atoms with van der Waals surface area (Å²) >= 11 is 0. The van der Waals surface area contributed by atoms with E-state index in [2.05, 4.69) is 23.8 Å². The van der Waals surface area contributed by atoms with Crippen molar-refractivity contribution in [3.05, 3.63) is 0 Å². The number of unbranched alkanes of at least 4 members (excludes halogenated alkanes) is 3. The summed E-state index contributed by atoms with van der Waals surface area (Å²) < 4.78 is 0. The summed E-state index contributed by atoms with van der Waals surface area (Å²) in [6.45, 7) is 5.97. The zero-order valence-corrected chi connectivity index (χ0v) is 16.7. The summed E-state index contributed by atoms with van der Waals surface area (Å²) in [7, 11) is 0. The third kappa shape index (κ3) is 7.51. The van der Waals surface area contributed by atoms with Crippen molar-refractivity contribution in [3.8, 4) is 0 Å². The van der Waals surface area contributed by atoms with Crippen molar-refractivity contribution in [2.75, 3.05) is 13.1 Å². The van der Waals surface area contributed by atoms with Crippen molar-refractivity contribution in [1.29, 1.82) is 0 Å². The highest BCUT2D eigenvalue weighted by Crippen LogP contribution is 2.25. The topological polar surface area (TPSA) is 58.9 Å². The van der Waals surface area contributed by atoms with Crippen LogP contribution >= 0.6 is 0 Å². The van der Waals surface area contributed by atoms with Crippen LogP contribution < -0.4 is 0 Å². The van der Waals surface area contributed by atoms with Gasteiger partial charge in [-0.15, -0.1) is 0 Å². The van der Waals surface area contributed by atoms with Gasteiger partial charge in [-0.2, -0.15) is 0 Å². The lowest BCUT2D eigenvalue weighted by molar-refractivity contribution is -0.124. The lowest BCUT2D eigenvalue weighted by atomic mass is 9.82. The highest BCUT2D eigenvalue weighted by molar-refractivity contribution is 5.96. The normalized spacial score (nSPS) is 30.5. The van der Waals surface area contributed by atoms with Crippen molar-refractivity contribution in [3.63, 3.8) is 0 Å². The van der Waals surface area contributed by atoms with E-state index >= 15 is 0 Å². The SMILES string of the molecule is C[C@@H]1CCC(C=NCCCCCCN=C[C@@H]2CC[C@@H](C)CC2=O)C(=O)C1. The van der Waals surface area contributed by atoms with Crippen LogP contribution in [-0.4, -0.2) is 37.1 Å². The van der Waals surface area contributed by atoms with Crippen molar-refractivity contribution < 1.29 is 9.59 Å². The molecule has 2 saturated carbocycles. The maximum absolute atomic E-state index is 11.9. The van der Waals surface area contributed by atoms with Crippen LogP contribution in [-0.2, 0) is 9.59 Å². The molecule has 146 valence electrons. The quantitative estimate of drug-likeness (QED) is 0.442. The molecule has 0 saturated heterocycles. The van der Waals surface area contributed by atoms with Crippen LogP contribution in [0.1, 0.15) is 78.1 Å². The standard InChI is InChI=1S/C22H36N2O2/c1-17-7-9-19(21(25)13-17)15-23-11-5-3-4-6-12-24-16-20-10-8-18(2)14-22(20)26/h15-20H,3-14H2,1-2H3/t17-,18-,19+,20?/m1/s1. The summed E-state index contributed by atoms with van der Waals surface area (Å²) in [5, 5.41) is 0. The Morgan fingerprint density at radius 2 is 1.15 bits per heavy atom. The molecule has 4 atom stereocenters. The Hall–Kier alpha value is -1.32. The lowest BCUT2D eigenvalue weighted by Gasteiger charge is -2.21. The third-order valence-corrected chi connectivity index (χ3v) is 5.76. The Bertz CT molecular complexity index is 466. The van der Waals surface area contributed by atoms with Gasteiger partial charge in [-0.25, -0.2) is 0 Å². The fourth-order valence-electron chi connectivity index (χ4n) is 3.92. The van der Waals surface area contributed by atoms with E-state index in [-0.39, 0.29) is 11.8 Å². The first-order valence-corrected chi connectivity index (χ1v) is 10.6. The molecule has 0 bridgehead atoms. The van der Waals surface area contributed by atoms with E-state index in [9.17, 15) is 9.59 Å². The highest BCUT2D eigenvalue weighted by Gasteiger charge is 2.25. The lowest BCUT2D eigenvalue weighted by Crippen LogP contribution is -2.24. The van der Waals surface area contributed by atoms with Crippen LogP contribution in [0.15, 0.2) is 9.98 Å². The Kier molecular flexibility index (Phi) is 9.21. The fraction of sp³-hybridized carbons (Fsp3) is 0.818. The summed E-state index contributed by atoms with van der Waals surface area (Å²) in [6, 6.07) is 0. The minimum absolute atomic E-state index is 0.0750. The number of carbonyl (C=O) groups is 2. The van der Waals surface area contributed by atoms with E-state index in [0.29, 0.717) is 23.4 Å². The van der Waals surface area contributed by atoms with E-state index in [0.717, 1.165) is 77.3 Å². The zero-order chi connectivity index (χ0) is 18.8.